The number of hydrogen-bond acceptors (Lipinski definition) is 7. The summed E-state index contributed by atoms with van der Waals surface area (Å²) in [5.74, 6) is 3.95. The van der Waals surface area contributed by atoms with Crippen molar-refractivity contribution in [3.8, 4) is 5.82 Å². The zero-order valence-corrected chi connectivity index (χ0v) is 17.1. The first-order valence-corrected chi connectivity index (χ1v) is 10.1. The first-order valence-electron chi connectivity index (χ1n) is 10.1. The molecule has 0 saturated carbocycles. The number of anilines is 2. The standard InChI is InChI=1S/C21H26N8/c1-21(2,3)17-7-18(24-14-23-17)27-10-15-12-28(13-16(15)11-27)19-8-22-9-20(26-19)29-6-4-5-25-29/h4-9,14-16H,10-13H2,1-3H3. The fourth-order valence-corrected chi connectivity index (χ4v) is 4.31. The number of nitrogens with zero attached hydrogens (tertiary/aromatic N) is 8. The van der Waals surface area contributed by atoms with Crippen LogP contribution in [-0.4, -0.2) is 55.9 Å². The highest BCUT2D eigenvalue weighted by Crippen LogP contribution is 2.35. The molecular weight excluding hydrogens is 364 g/mol. The molecule has 3 aromatic rings. The SMILES string of the molecule is CC(C)(C)c1cc(N2CC3CN(c4cncc(-n5cccn5)n4)CC3C2)ncn1. The lowest BCUT2D eigenvalue weighted by Crippen LogP contribution is -2.30. The van der Waals surface area contributed by atoms with Gasteiger partial charge in [-0.3, -0.25) is 4.98 Å². The molecule has 2 atom stereocenters. The van der Waals surface area contributed by atoms with Gasteiger partial charge in [0, 0.05) is 61.9 Å². The minimum Gasteiger partial charge on any atom is -0.356 e. The van der Waals surface area contributed by atoms with Crippen molar-refractivity contribution in [3.63, 3.8) is 0 Å². The second-order valence-electron chi connectivity index (χ2n) is 9.03. The van der Waals surface area contributed by atoms with Crippen LogP contribution in [0, 0.1) is 11.8 Å². The minimum absolute atomic E-state index is 0.0301. The Morgan fingerprint density at radius 2 is 1.59 bits per heavy atom. The van der Waals surface area contributed by atoms with Gasteiger partial charge in [-0.15, -0.1) is 0 Å². The molecule has 3 aromatic heterocycles. The lowest BCUT2D eigenvalue weighted by molar-refractivity contribution is 0.533. The summed E-state index contributed by atoms with van der Waals surface area (Å²) >= 11 is 0. The van der Waals surface area contributed by atoms with Crippen molar-refractivity contribution in [1.82, 2.24) is 29.7 Å². The molecule has 2 aliphatic heterocycles. The Labute approximate surface area is 170 Å². The van der Waals surface area contributed by atoms with E-state index in [0.29, 0.717) is 11.8 Å². The Hall–Kier alpha value is -3.03. The molecule has 8 nitrogen and oxygen atoms in total. The Morgan fingerprint density at radius 3 is 2.24 bits per heavy atom. The van der Waals surface area contributed by atoms with Crippen LogP contribution < -0.4 is 9.80 Å². The summed E-state index contributed by atoms with van der Waals surface area (Å²) in [6, 6.07) is 4.04. The lowest BCUT2D eigenvalue weighted by Gasteiger charge is -2.24. The molecule has 0 aliphatic carbocycles. The Balaban J connectivity index is 1.29. The zero-order chi connectivity index (χ0) is 20.0. The third-order valence-electron chi connectivity index (χ3n) is 5.90. The van der Waals surface area contributed by atoms with E-state index in [9.17, 15) is 0 Å². The summed E-state index contributed by atoms with van der Waals surface area (Å²) in [7, 11) is 0. The number of fused-ring (bicyclic) bond motifs is 1. The largest absolute Gasteiger partial charge is 0.356 e. The molecule has 0 bridgehead atoms. The molecule has 0 radical (unpaired) electrons. The molecule has 5 heterocycles. The molecule has 29 heavy (non-hydrogen) atoms. The van der Waals surface area contributed by atoms with Crippen LogP contribution in [0.4, 0.5) is 11.6 Å². The van der Waals surface area contributed by atoms with Crippen LogP contribution in [0.2, 0.25) is 0 Å². The van der Waals surface area contributed by atoms with Crippen molar-refractivity contribution in [3.05, 3.63) is 48.9 Å². The maximum absolute atomic E-state index is 4.77. The number of aromatic nitrogens is 6. The molecule has 150 valence electrons. The van der Waals surface area contributed by atoms with Gasteiger partial charge in [-0.1, -0.05) is 20.8 Å². The highest BCUT2D eigenvalue weighted by Gasteiger charge is 2.41. The van der Waals surface area contributed by atoms with E-state index in [1.807, 2.05) is 18.5 Å². The summed E-state index contributed by atoms with van der Waals surface area (Å²) in [4.78, 5) is 22.9. The molecule has 5 rings (SSSR count). The first kappa shape index (κ1) is 18.0. The van der Waals surface area contributed by atoms with Crippen molar-refractivity contribution in [2.75, 3.05) is 36.0 Å². The molecular formula is C21H26N8. The van der Waals surface area contributed by atoms with E-state index in [4.69, 9.17) is 4.98 Å². The minimum atomic E-state index is 0.0301. The van der Waals surface area contributed by atoms with Crippen LogP contribution in [0.25, 0.3) is 5.82 Å². The predicted octanol–water partition coefficient (Wildman–Crippen LogP) is 2.32. The van der Waals surface area contributed by atoms with Crippen molar-refractivity contribution in [2.24, 2.45) is 11.8 Å². The maximum Gasteiger partial charge on any atom is 0.173 e. The normalized spacial score (nSPS) is 21.6. The van der Waals surface area contributed by atoms with Crippen molar-refractivity contribution >= 4 is 11.6 Å². The quantitative estimate of drug-likeness (QED) is 0.679. The van der Waals surface area contributed by atoms with Crippen LogP contribution in [-0.2, 0) is 5.41 Å². The van der Waals surface area contributed by atoms with Crippen LogP contribution in [0.5, 0.6) is 0 Å². The fraction of sp³-hybridized carbons (Fsp3) is 0.476. The van der Waals surface area contributed by atoms with Gasteiger partial charge in [0.2, 0.25) is 0 Å². The van der Waals surface area contributed by atoms with E-state index in [1.54, 1.807) is 23.4 Å². The van der Waals surface area contributed by atoms with E-state index < -0.39 is 0 Å². The summed E-state index contributed by atoms with van der Waals surface area (Å²) in [5.41, 5.74) is 1.12. The molecule has 8 heteroatoms. The highest BCUT2D eigenvalue weighted by molar-refractivity contribution is 5.46. The second kappa shape index (κ2) is 6.79. The topological polar surface area (TPSA) is 75.9 Å². The Morgan fingerprint density at radius 1 is 0.897 bits per heavy atom. The molecule has 2 saturated heterocycles. The zero-order valence-electron chi connectivity index (χ0n) is 17.1. The van der Waals surface area contributed by atoms with Gasteiger partial charge in [0.15, 0.2) is 5.82 Å². The molecule has 2 fully saturated rings. The molecule has 0 N–H and O–H groups in total. The smallest absolute Gasteiger partial charge is 0.173 e. The fourth-order valence-electron chi connectivity index (χ4n) is 4.31. The maximum atomic E-state index is 4.77. The summed E-state index contributed by atoms with van der Waals surface area (Å²) < 4.78 is 1.75. The predicted molar refractivity (Wildman–Crippen MR) is 111 cm³/mol. The summed E-state index contributed by atoms with van der Waals surface area (Å²) in [6.07, 6.45) is 8.94. The molecule has 0 aromatic carbocycles. The second-order valence-corrected chi connectivity index (χ2v) is 9.03. The molecule has 0 spiro atoms. The van der Waals surface area contributed by atoms with Gasteiger partial charge in [-0.2, -0.15) is 5.10 Å². The third kappa shape index (κ3) is 3.43. The highest BCUT2D eigenvalue weighted by atomic mass is 15.3. The van der Waals surface area contributed by atoms with E-state index >= 15 is 0 Å². The van der Waals surface area contributed by atoms with E-state index in [-0.39, 0.29) is 5.41 Å². The van der Waals surface area contributed by atoms with Crippen molar-refractivity contribution in [2.45, 2.75) is 26.2 Å². The van der Waals surface area contributed by atoms with Gasteiger partial charge in [0.05, 0.1) is 18.1 Å². The van der Waals surface area contributed by atoms with Gasteiger partial charge in [-0.05, 0) is 6.07 Å². The first-order chi connectivity index (χ1) is 14.0. The average Bonchev–Trinajstić information content (AvgIpc) is 3.44. The van der Waals surface area contributed by atoms with E-state index in [1.165, 1.54) is 0 Å². The lowest BCUT2D eigenvalue weighted by atomic mass is 9.92. The van der Waals surface area contributed by atoms with Crippen LogP contribution in [0.3, 0.4) is 0 Å². The number of hydrogen-bond donors (Lipinski definition) is 0. The monoisotopic (exact) mass is 390 g/mol. The van der Waals surface area contributed by atoms with Crippen LogP contribution in [0.15, 0.2) is 43.2 Å². The van der Waals surface area contributed by atoms with E-state index in [0.717, 1.165) is 49.3 Å². The van der Waals surface area contributed by atoms with Crippen LogP contribution in [0.1, 0.15) is 26.5 Å². The van der Waals surface area contributed by atoms with Gasteiger partial charge in [0.25, 0.3) is 0 Å². The van der Waals surface area contributed by atoms with Gasteiger partial charge >= 0.3 is 0 Å². The van der Waals surface area contributed by atoms with Crippen LogP contribution >= 0.6 is 0 Å². The van der Waals surface area contributed by atoms with Gasteiger partial charge in [0.1, 0.15) is 18.0 Å². The summed E-state index contributed by atoms with van der Waals surface area (Å²) in [5, 5.41) is 4.26. The summed E-state index contributed by atoms with van der Waals surface area (Å²) in [6.45, 7) is 10.6. The third-order valence-corrected chi connectivity index (χ3v) is 5.90. The van der Waals surface area contributed by atoms with Crippen molar-refractivity contribution < 1.29 is 0 Å². The number of rotatable bonds is 3. The molecule has 2 unspecified atom stereocenters. The Bertz CT molecular complexity index is 980. The van der Waals surface area contributed by atoms with Gasteiger partial charge in [-0.25, -0.2) is 19.6 Å². The van der Waals surface area contributed by atoms with Crippen molar-refractivity contribution in [1.29, 1.82) is 0 Å². The van der Waals surface area contributed by atoms with Gasteiger partial charge < -0.3 is 9.80 Å². The Kier molecular flexibility index (Phi) is 4.22. The molecule has 0 amide bonds. The average molecular weight is 390 g/mol. The van der Waals surface area contributed by atoms with E-state index in [2.05, 4.69) is 56.7 Å². The molecule has 2 aliphatic rings.